The Morgan fingerprint density at radius 2 is 2.15 bits per heavy atom. The predicted octanol–water partition coefficient (Wildman–Crippen LogP) is 2.26. The molecule has 5 N–H and O–H groups in total. The number of benzene rings is 1. The molecule has 1 saturated heterocycles. The minimum atomic E-state index is 0.183. The van der Waals surface area contributed by atoms with E-state index >= 15 is 0 Å². The zero-order valence-corrected chi connectivity index (χ0v) is 15.3. The van der Waals surface area contributed by atoms with Gasteiger partial charge in [-0.15, -0.1) is 0 Å². The Balaban J connectivity index is 1.68. The second-order valence-electron chi connectivity index (χ2n) is 6.23. The second kappa shape index (κ2) is 8.33. The van der Waals surface area contributed by atoms with Gasteiger partial charge < -0.3 is 21.7 Å². The lowest BCUT2D eigenvalue weighted by atomic mass is 10.0. The Morgan fingerprint density at radius 3 is 2.88 bits per heavy atom. The van der Waals surface area contributed by atoms with E-state index in [2.05, 4.69) is 15.3 Å². The van der Waals surface area contributed by atoms with Crippen molar-refractivity contribution in [2.75, 3.05) is 30.7 Å². The largest absolute Gasteiger partial charge is 0.370 e. The highest BCUT2D eigenvalue weighted by Gasteiger charge is 2.19. The Hall–Kier alpha value is -2.38. The summed E-state index contributed by atoms with van der Waals surface area (Å²) in [6.07, 6.45) is 2.47. The number of carbonyl (C=O) groups is 1. The number of nitrogens with two attached hydrogens (primary N) is 2. The van der Waals surface area contributed by atoms with Crippen LogP contribution in [0.25, 0.3) is 11.3 Å². The van der Waals surface area contributed by atoms with Crippen LogP contribution in [0.5, 0.6) is 0 Å². The minimum absolute atomic E-state index is 0.183. The third kappa shape index (κ3) is 4.23. The highest BCUT2D eigenvalue weighted by Crippen LogP contribution is 2.29. The molecule has 2 heterocycles. The summed E-state index contributed by atoms with van der Waals surface area (Å²) >= 11 is 6.23. The number of hydrogen-bond acceptors (Lipinski definition) is 6. The molecule has 1 aromatic carbocycles. The molecule has 138 valence electrons. The summed E-state index contributed by atoms with van der Waals surface area (Å²) in [5.74, 6) is 1.07. The fraction of sp³-hybridized carbons (Fsp3) is 0.389. The summed E-state index contributed by atoms with van der Waals surface area (Å²) in [6, 6.07) is 7.41. The number of rotatable bonds is 7. The SMILES string of the molecule is NCc1c(Cl)cccc1-c1cc(NCCCN2CCCC2=O)nc(N)n1. The topological polar surface area (TPSA) is 110 Å². The van der Waals surface area contributed by atoms with E-state index in [9.17, 15) is 4.79 Å². The summed E-state index contributed by atoms with van der Waals surface area (Å²) in [5, 5.41) is 3.86. The lowest BCUT2D eigenvalue weighted by Crippen LogP contribution is -2.27. The van der Waals surface area contributed by atoms with Gasteiger partial charge in [0.1, 0.15) is 5.82 Å². The van der Waals surface area contributed by atoms with E-state index in [1.54, 1.807) is 6.07 Å². The summed E-state index contributed by atoms with van der Waals surface area (Å²) in [4.78, 5) is 22.1. The first-order chi connectivity index (χ1) is 12.6. The number of hydrogen-bond donors (Lipinski definition) is 3. The lowest BCUT2D eigenvalue weighted by Gasteiger charge is -2.16. The molecule has 0 radical (unpaired) electrons. The van der Waals surface area contributed by atoms with Crippen LogP contribution in [-0.4, -0.2) is 40.4 Å². The summed E-state index contributed by atoms with van der Waals surface area (Å²) in [6.45, 7) is 2.62. The number of nitrogen functional groups attached to an aromatic ring is 1. The van der Waals surface area contributed by atoms with Crippen molar-refractivity contribution < 1.29 is 4.79 Å². The molecule has 1 aromatic heterocycles. The molecule has 1 fully saturated rings. The van der Waals surface area contributed by atoms with Crippen LogP contribution in [0.2, 0.25) is 5.02 Å². The quantitative estimate of drug-likeness (QED) is 0.641. The van der Waals surface area contributed by atoms with Crippen LogP contribution < -0.4 is 16.8 Å². The maximum absolute atomic E-state index is 11.6. The number of nitrogens with one attached hydrogen (secondary N) is 1. The van der Waals surface area contributed by atoms with Crippen molar-refractivity contribution in [1.82, 2.24) is 14.9 Å². The summed E-state index contributed by atoms with van der Waals surface area (Å²) < 4.78 is 0. The predicted molar refractivity (Wildman–Crippen MR) is 104 cm³/mol. The van der Waals surface area contributed by atoms with Gasteiger partial charge in [-0.2, -0.15) is 4.98 Å². The first kappa shape index (κ1) is 18.4. The molecular formula is C18H23ClN6O. The van der Waals surface area contributed by atoms with Gasteiger partial charge in [-0.25, -0.2) is 4.98 Å². The number of nitrogens with zero attached hydrogens (tertiary/aromatic N) is 3. The van der Waals surface area contributed by atoms with Crippen molar-refractivity contribution in [3.63, 3.8) is 0 Å². The first-order valence-electron chi connectivity index (χ1n) is 8.72. The van der Waals surface area contributed by atoms with Gasteiger partial charge in [-0.1, -0.05) is 23.7 Å². The van der Waals surface area contributed by atoms with E-state index in [-0.39, 0.29) is 11.9 Å². The van der Waals surface area contributed by atoms with Crippen LogP contribution >= 0.6 is 11.6 Å². The molecule has 0 bridgehead atoms. The molecule has 3 rings (SSSR count). The lowest BCUT2D eigenvalue weighted by molar-refractivity contribution is -0.127. The third-order valence-corrected chi connectivity index (χ3v) is 4.78. The standard InChI is InChI=1S/C18H23ClN6O/c19-14-5-1-4-12(13(14)11-20)15-10-16(24-18(21)23-15)22-7-3-9-25-8-2-6-17(25)26/h1,4-5,10H,2-3,6-9,11,20H2,(H3,21,22,23,24). The van der Waals surface area contributed by atoms with E-state index < -0.39 is 0 Å². The molecule has 0 saturated carbocycles. The molecule has 26 heavy (non-hydrogen) atoms. The molecule has 1 aliphatic heterocycles. The maximum atomic E-state index is 11.6. The van der Waals surface area contributed by atoms with E-state index in [0.717, 1.165) is 37.1 Å². The van der Waals surface area contributed by atoms with Crippen molar-refractivity contribution in [3.05, 3.63) is 34.9 Å². The molecule has 2 aromatic rings. The molecule has 1 aliphatic rings. The van der Waals surface area contributed by atoms with E-state index in [1.165, 1.54) is 0 Å². The van der Waals surface area contributed by atoms with Gasteiger partial charge in [0, 0.05) is 49.3 Å². The third-order valence-electron chi connectivity index (χ3n) is 4.42. The van der Waals surface area contributed by atoms with Crippen LogP contribution in [0, 0.1) is 0 Å². The summed E-state index contributed by atoms with van der Waals surface area (Å²) in [5.41, 5.74) is 14.0. The highest BCUT2D eigenvalue weighted by molar-refractivity contribution is 6.31. The van der Waals surface area contributed by atoms with Gasteiger partial charge in [0.05, 0.1) is 5.69 Å². The Kier molecular flexibility index (Phi) is 5.90. The van der Waals surface area contributed by atoms with Crippen molar-refractivity contribution in [2.24, 2.45) is 5.73 Å². The average molecular weight is 375 g/mol. The Morgan fingerprint density at radius 1 is 1.31 bits per heavy atom. The van der Waals surface area contributed by atoms with Crippen molar-refractivity contribution in [3.8, 4) is 11.3 Å². The van der Waals surface area contributed by atoms with Crippen LogP contribution in [-0.2, 0) is 11.3 Å². The smallest absolute Gasteiger partial charge is 0.222 e. The van der Waals surface area contributed by atoms with Gasteiger partial charge in [-0.05, 0) is 24.5 Å². The maximum Gasteiger partial charge on any atom is 0.222 e. The van der Waals surface area contributed by atoms with E-state index in [1.807, 2.05) is 23.1 Å². The molecule has 8 heteroatoms. The van der Waals surface area contributed by atoms with Gasteiger partial charge in [-0.3, -0.25) is 4.79 Å². The molecular weight excluding hydrogens is 352 g/mol. The number of halogens is 1. The van der Waals surface area contributed by atoms with Crippen LogP contribution in [0.15, 0.2) is 24.3 Å². The zero-order chi connectivity index (χ0) is 18.5. The number of likely N-dealkylation sites (tertiary alicyclic amines) is 1. The van der Waals surface area contributed by atoms with Gasteiger partial charge in [0.2, 0.25) is 11.9 Å². The number of anilines is 2. The molecule has 7 nitrogen and oxygen atoms in total. The molecule has 0 aliphatic carbocycles. The van der Waals surface area contributed by atoms with Gasteiger partial charge in [0.25, 0.3) is 0 Å². The van der Waals surface area contributed by atoms with Crippen LogP contribution in [0.4, 0.5) is 11.8 Å². The minimum Gasteiger partial charge on any atom is -0.370 e. The Bertz CT molecular complexity index is 797. The van der Waals surface area contributed by atoms with E-state index in [0.29, 0.717) is 36.0 Å². The normalized spacial score (nSPS) is 14.1. The fourth-order valence-corrected chi connectivity index (χ4v) is 3.38. The Labute approximate surface area is 157 Å². The number of aromatic nitrogens is 2. The first-order valence-corrected chi connectivity index (χ1v) is 9.10. The second-order valence-corrected chi connectivity index (χ2v) is 6.64. The summed E-state index contributed by atoms with van der Waals surface area (Å²) in [7, 11) is 0. The van der Waals surface area contributed by atoms with Crippen LogP contribution in [0.3, 0.4) is 0 Å². The fourth-order valence-electron chi connectivity index (χ4n) is 3.13. The van der Waals surface area contributed by atoms with Gasteiger partial charge in [0.15, 0.2) is 0 Å². The van der Waals surface area contributed by atoms with E-state index in [4.69, 9.17) is 23.1 Å². The number of carbonyl (C=O) groups excluding carboxylic acids is 1. The average Bonchev–Trinajstić information content (AvgIpc) is 3.03. The highest BCUT2D eigenvalue weighted by atomic mass is 35.5. The number of amides is 1. The molecule has 0 unspecified atom stereocenters. The molecule has 1 amide bonds. The van der Waals surface area contributed by atoms with Crippen molar-refractivity contribution in [1.29, 1.82) is 0 Å². The van der Waals surface area contributed by atoms with Gasteiger partial charge >= 0.3 is 0 Å². The zero-order valence-electron chi connectivity index (χ0n) is 14.5. The molecule has 0 atom stereocenters. The van der Waals surface area contributed by atoms with Crippen molar-refractivity contribution in [2.45, 2.75) is 25.8 Å². The molecule has 0 spiro atoms. The monoisotopic (exact) mass is 374 g/mol. The van der Waals surface area contributed by atoms with Crippen LogP contribution in [0.1, 0.15) is 24.8 Å². The van der Waals surface area contributed by atoms with Crippen molar-refractivity contribution >= 4 is 29.3 Å².